The lowest BCUT2D eigenvalue weighted by atomic mass is 9.97. The van der Waals surface area contributed by atoms with Gasteiger partial charge in [0.15, 0.2) is 0 Å². The molecule has 0 aromatic heterocycles. The highest BCUT2D eigenvalue weighted by atomic mass is 35.5. The second-order valence-electron chi connectivity index (χ2n) is 4.93. The molecule has 1 heterocycles. The molecule has 1 atom stereocenters. The summed E-state index contributed by atoms with van der Waals surface area (Å²) in [7, 11) is 0. The smallest absolute Gasteiger partial charge is 0.290 e. The van der Waals surface area contributed by atoms with Crippen LogP contribution in [-0.2, 0) is 0 Å². The molecule has 2 rings (SSSR count). The Labute approximate surface area is 143 Å². The van der Waals surface area contributed by atoms with Gasteiger partial charge in [-0.25, -0.2) is 8.78 Å². The van der Waals surface area contributed by atoms with E-state index in [1.807, 2.05) is 0 Å². The molecule has 22 heavy (non-hydrogen) atoms. The summed E-state index contributed by atoms with van der Waals surface area (Å²) in [4.78, 5) is 1.50. The lowest BCUT2D eigenvalue weighted by Gasteiger charge is -2.39. The number of hydrogen-bond donors (Lipinski definition) is 3. The van der Waals surface area contributed by atoms with E-state index in [1.54, 1.807) is 0 Å². The third-order valence-electron chi connectivity index (χ3n) is 3.47. The third-order valence-corrected chi connectivity index (χ3v) is 4.00. The molecule has 1 aromatic rings. The van der Waals surface area contributed by atoms with E-state index in [4.69, 9.17) is 28.3 Å². The molecule has 1 fully saturated rings. The van der Waals surface area contributed by atoms with Crippen LogP contribution < -0.4 is 5.32 Å². The number of phenolic OH excluding ortho intramolecular Hbond substituents is 1. The van der Waals surface area contributed by atoms with Gasteiger partial charge < -0.3 is 15.5 Å². The Bertz CT molecular complexity index is 491. The van der Waals surface area contributed by atoms with Crippen LogP contribution in [0.15, 0.2) is 12.1 Å². The Morgan fingerprint density at radius 2 is 1.86 bits per heavy atom. The second kappa shape index (κ2) is 7.95. The van der Waals surface area contributed by atoms with E-state index >= 15 is 0 Å². The van der Waals surface area contributed by atoms with E-state index in [2.05, 4.69) is 5.32 Å². The van der Waals surface area contributed by atoms with Gasteiger partial charge in [-0.2, -0.15) is 0 Å². The molecule has 1 aliphatic rings. The number of rotatable bonds is 4. The van der Waals surface area contributed by atoms with Gasteiger partial charge in [0, 0.05) is 36.8 Å². The summed E-state index contributed by atoms with van der Waals surface area (Å²) >= 11 is 11.8. The van der Waals surface area contributed by atoms with Crippen LogP contribution in [0.5, 0.6) is 5.75 Å². The number of aliphatic hydroxyl groups is 1. The fourth-order valence-corrected chi connectivity index (χ4v) is 3.12. The highest BCUT2D eigenvalue weighted by Gasteiger charge is 2.46. The predicted octanol–water partition coefficient (Wildman–Crippen LogP) is 2.69. The van der Waals surface area contributed by atoms with Crippen molar-refractivity contribution in [3.05, 3.63) is 27.7 Å². The number of nitrogens with one attached hydrogen (secondary N) is 1. The largest absolute Gasteiger partial charge is 0.507 e. The fraction of sp³-hybridized carbons (Fsp3) is 0.538. The van der Waals surface area contributed by atoms with Crippen LogP contribution in [0.2, 0.25) is 10.0 Å². The average Bonchev–Trinajstić information content (AvgIpc) is 2.43. The summed E-state index contributed by atoms with van der Waals surface area (Å²) in [5.41, 5.74) is -0.109. The summed E-state index contributed by atoms with van der Waals surface area (Å²) in [5.74, 6) is -3.84. The van der Waals surface area contributed by atoms with Crippen molar-refractivity contribution in [2.45, 2.75) is 12.0 Å². The van der Waals surface area contributed by atoms with Gasteiger partial charge in [-0.1, -0.05) is 23.2 Å². The van der Waals surface area contributed by atoms with Crippen LogP contribution >= 0.6 is 35.6 Å². The maximum absolute atomic E-state index is 14.2. The average molecular weight is 378 g/mol. The van der Waals surface area contributed by atoms with Crippen molar-refractivity contribution in [2.75, 3.05) is 32.8 Å². The van der Waals surface area contributed by atoms with Gasteiger partial charge in [0.25, 0.3) is 5.92 Å². The van der Waals surface area contributed by atoms with E-state index < -0.39 is 24.3 Å². The third kappa shape index (κ3) is 4.13. The minimum absolute atomic E-state index is 0. The summed E-state index contributed by atoms with van der Waals surface area (Å²) < 4.78 is 28.5. The first-order valence-electron chi connectivity index (χ1n) is 6.48. The first-order valence-corrected chi connectivity index (χ1v) is 7.24. The van der Waals surface area contributed by atoms with Crippen LogP contribution in [0.1, 0.15) is 11.6 Å². The number of alkyl halides is 2. The molecule has 0 radical (unpaired) electrons. The molecule has 126 valence electrons. The molecule has 0 amide bonds. The van der Waals surface area contributed by atoms with E-state index in [-0.39, 0.29) is 28.0 Å². The fourth-order valence-electron chi connectivity index (χ4n) is 2.53. The first-order chi connectivity index (χ1) is 9.86. The number of aliphatic hydroxyl groups excluding tert-OH is 1. The van der Waals surface area contributed by atoms with Crippen molar-refractivity contribution in [1.29, 1.82) is 0 Å². The molecule has 1 aromatic carbocycles. The summed E-state index contributed by atoms with van der Waals surface area (Å²) in [5, 5.41) is 22.2. The molecular weight excluding hydrogens is 361 g/mol. The quantitative estimate of drug-likeness (QED) is 0.755. The topological polar surface area (TPSA) is 55.7 Å². The summed E-state index contributed by atoms with van der Waals surface area (Å²) in [6.07, 6.45) is 0. The molecule has 9 heteroatoms. The van der Waals surface area contributed by atoms with Gasteiger partial charge in [-0.15, -0.1) is 12.4 Å². The Morgan fingerprint density at radius 3 is 2.36 bits per heavy atom. The number of piperazine rings is 1. The normalized spacial score (nSPS) is 17.9. The number of halogens is 5. The number of phenols is 1. The van der Waals surface area contributed by atoms with E-state index in [9.17, 15) is 13.9 Å². The lowest BCUT2D eigenvalue weighted by molar-refractivity contribution is -0.119. The Kier molecular flexibility index (Phi) is 7.11. The lowest BCUT2D eigenvalue weighted by Crippen LogP contribution is -2.51. The molecule has 1 aliphatic heterocycles. The molecule has 0 saturated carbocycles. The van der Waals surface area contributed by atoms with Gasteiger partial charge in [0.2, 0.25) is 0 Å². The highest BCUT2D eigenvalue weighted by molar-refractivity contribution is 6.35. The van der Waals surface area contributed by atoms with Crippen molar-refractivity contribution < 1.29 is 19.0 Å². The SMILES string of the molecule is Cl.OCC(F)(F)[C@@H](c1c(O)cc(Cl)cc1Cl)N1CCNCC1. The molecule has 0 unspecified atom stereocenters. The van der Waals surface area contributed by atoms with E-state index in [0.717, 1.165) is 0 Å². The van der Waals surface area contributed by atoms with Gasteiger partial charge in [0.05, 0.1) is 5.02 Å². The van der Waals surface area contributed by atoms with Crippen LogP contribution in [-0.4, -0.2) is 53.8 Å². The maximum Gasteiger partial charge on any atom is 0.290 e. The van der Waals surface area contributed by atoms with Crippen molar-refractivity contribution in [1.82, 2.24) is 10.2 Å². The minimum atomic E-state index is -3.44. The molecule has 0 bridgehead atoms. The van der Waals surface area contributed by atoms with Gasteiger partial charge in [0.1, 0.15) is 18.4 Å². The zero-order chi connectivity index (χ0) is 15.6. The molecule has 4 nitrogen and oxygen atoms in total. The Hall–Kier alpha value is -0.370. The Morgan fingerprint density at radius 1 is 1.27 bits per heavy atom. The van der Waals surface area contributed by atoms with Gasteiger partial charge in [-0.3, -0.25) is 4.90 Å². The molecule has 0 spiro atoms. The van der Waals surface area contributed by atoms with E-state index in [0.29, 0.717) is 26.2 Å². The predicted molar refractivity (Wildman–Crippen MR) is 84.6 cm³/mol. The van der Waals surface area contributed by atoms with Gasteiger partial charge >= 0.3 is 0 Å². The molecule has 0 aliphatic carbocycles. The minimum Gasteiger partial charge on any atom is -0.507 e. The number of nitrogens with zero attached hydrogens (tertiary/aromatic N) is 1. The van der Waals surface area contributed by atoms with E-state index in [1.165, 1.54) is 17.0 Å². The first kappa shape index (κ1) is 19.7. The van der Waals surface area contributed by atoms with Crippen molar-refractivity contribution in [3.63, 3.8) is 0 Å². The second-order valence-corrected chi connectivity index (χ2v) is 5.77. The van der Waals surface area contributed by atoms with Crippen LogP contribution in [0.25, 0.3) is 0 Å². The molecule has 3 N–H and O–H groups in total. The number of benzene rings is 1. The Balaban J connectivity index is 0.00000242. The number of hydrogen-bond acceptors (Lipinski definition) is 4. The van der Waals surface area contributed by atoms with Crippen molar-refractivity contribution in [3.8, 4) is 5.75 Å². The summed E-state index contributed by atoms with van der Waals surface area (Å²) in [6.45, 7) is 0.477. The van der Waals surface area contributed by atoms with Gasteiger partial charge in [-0.05, 0) is 12.1 Å². The summed E-state index contributed by atoms with van der Waals surface area (Å²) in [6, 6.07) is 0.973. The zero-order valence-electron chi connectivity index (χ0n) is 11.5. The van der Waals surface area contributed by atoms with Crippen LogP contribution in [0, 0.1) is 0 Å². The number of aromatic hydroxyl groups is 1. The maximum atomic E-state index is 14.2. The monoisotopic (exact) mass is 376 g/mol. The zero-order valence-corrected chi connectivity index (χ0v) is 13.9. The molecular formula is C13H17Cl3F2N2O2. The molecule has 1 saturated heterocycles. The van der Waals surface area contributed by atoms with Crippen LogP contribution in [0.3, 0.4) is 0 Å². The van der Waals surface area contributed by atoms with Crippen molar-refractivity contribution in [2.24, 2.45) is 0 Å². The standard InChI is InChI=1S/C13H16Cl2F2N2O2.ClH/c14-8-5-9(15)11(10(21)6-8)12(13(16,17)7-20)19-3-1-18-2-4-19;/h5-6,12,18,20-21H,1-4,7H2;1H/t12-;/m1./s1. The highest BCUT2D eigenvalue weighted by Crippen LogP contribution is 2.44. The van der Waals surface area contributed by atoms with Crippen molar-refractivity contribution >= 4 is 35.6 Å². The van der Waals surface area contributed by atoms with Crippen LogP contribution in [0.4, 0.5) is 8.78 Å².